The Kier molecular flexibility index (Phi) is 5.28. The molecular formula is C15H21NO2S. The number of carbonyl (C=O) groups is 1. The lowest BCUT2D eigenvalue weighted by Gasteiger charge is -2.28. The van der Waals surface area contributed by atoms with Gasteiger partial charge in [-0.25, -0.2) is 4.79 Å². The van der Waals surface area contributed by atoms with Gasteiger partial charge in [0.2, 0.25) is 0 Å². The van der Waals surface area contributed by atoms with E-state index in [-0.39, 0.29) is 0 Å². The van der Waals surface area contributed by atoms with Crippen molar-refractivity contribution in [3.05, 3.63) is 35.4 Å². The van der Waals surface area contributed by atoms with Crippen LogP contribution in [0.5, 0.6) is 0 Å². The van der Waals surface area contributed by atoms with Gasteiger partial charge in [-0.2, -0.15) is 11.8 Å². The van der Waals surface area contributed by atoms with Crippen LogP contribution in [0.2, 0.25) is 0 Å². The number of nitrogens with one attached hydrogen (secondary N) is 1. The number of benzene rings is 1. The Hall–Kier alpha value is -1.00. The van der Waals surface area contributed by atoms with Crippen molar-refractivity contribution in [3.8, 4) is 0 Å². The second-order valence-corrected chi connectivity index (χ2v) is 6.23. The van der Waals surface area contributed by atoms with E-state index in [4.69, 9.17) is 5.11 Å². The zero-order chi connectivity index (χ0) is 13.7. The van der Waals surface area contributed by atoms with Crippen LogP contribution in [-0.2, 0) is 6.54 Å². The summed E-state index contributed by atoms with van der Waals surface area (Å²) in [6.07, 6.45) is 7.21. The third-order valence-electron chi connectivity index (χ3n) is 3.78. The Morgan fingerprint density at radius 1 is 1.37 bits per heavy atom. The maximum atomic E-state index is 10.9. The van der Waals surface area contributed by atoms with Gasteiger partial charge in [0.25, 0.3) is 0 Å². The molecule has 1 fully saturated rings. The Morgan fingerprint density at radius 2 is 2.11 bits per heavy atom. The fourth-order valence-electron chi connectivity index (χ4n) is 2.58. The zero-order valence-electron chi connectivity index (χ0n) is 11.3. The smallest absolute Gasteiger partial charge is 0.335 e. The summed E-state index contributed by atoms with van der Waals surface area (Å²) in [5.41, 5.74) is 1.41. The van der Waals surface area contributed by atoms with E-state index in [1.54, 1.807) is 12.1 Å². The van der Waals surface area contributed by atoms with Crippen molar-refractivity contribution in [2.24, 2.45) is 0 Å². The summed E-state index contributed by atoms with van der Waals surface area (Å²) in [4.78, 5) is 10.9. The van der Waals surface area contributed by atoms with E-state index in [9.17, 15) is 4.79 Å². The van der Waals surface area contributed by atoms with E-state index >= 15 is 0 Å². The van der Waals surface area contributed by atoms with E-state index in [1.807, 2.05) is 23.9 Å². The highest BCUT2D eigenvalue weighted by Gasteiger charge is 2.19. The third-order valence-corrected chi connectivity index (χ3v) is 4.91. The molecule has 2 rings (SSSR count). The molecule has 0 amide bonds. The number of aromatic carboxylic acids is 1. The molecule has 1 aliphatic carbocycles. The molecule has 1 aliphatic rings. The molecule has 4 heteroatoms. The second-order valence-electron chi connectivity index (χ2n) is 5.10. The summed E-state index contributed by atoms with van der Waals surface area (Å²) < 4.78 is 0. The number of thioether (sulfide) groups is 1. The molecule has 0 radical (unpaired) electrons. The fourth-order valence-corrected chi connectivity index (χ4v) is 3.32. The first-order valence-electron chi connectivity index (χ1n) is 6.77. The summed E-state index contributed by atoms with van der Waals surface area (Å²) >= 11 is 1.97. The molecule has 0 bridgehead atoms. The summed E-state index contributed by atoms with van der Waals surface area (Å²) in [7, 11) is 0. The van der Waals surface area contributed by atoms with Crippen molar-refractivity contribution < 1.29 is 9.90 Å². The molecule has 0 aromatic heterocycles. The average Bonchev–Trinajstić information content (AvgIpc) is 2.46. The summed E-state index contributed by atoms with van der Waals surface area (Å²) in [6, 6.07) is 7.76. The van der Waals surface area contributed by atoms with Crippen LogP contribution in [-0.4, -0.2) is 28.6 Å². The first kappa shape index (κ1) is 14.4. The van der Waals surface area contributed by atoms with Crippen molar-refractivity contribution in [2.45, 2.75) is 43.5 Å². The number of hydrogen-bond acceptors (Lipinski definition) is 3. The standard InChI is InChI=1S/C15H21NO2S/c1-19-14-7-5-13(6-8-14)16-10-11-3-2-4-12(9-11)15(17)18/h2-4,9,13-14,16H,5-8,10H2,1H3,(H,17,18). The molecule has 1 aromatic carbocycles. The number of carboxylic acid groups (broad SMARTS) is 1. The molecule has 0 saturated heterocycles. The minimum Gasteiger partial charge on any atom is -0.478 e. The molecule has 2 N–H and O–H groups in total. The van der Waals surface area contributed by atoms with Gasteiger partial charge in [-0.05, 0) is 49.6 Å². The lowest BCUT2D eigenvalue weighted by molar-refractivity contribution is 0.0696. The minimum absolute atomic E-state index is 0.366. The van der Waals surface area contributed by atoms with Gasteiger partial charge in [-0.3, -0.25) is 0 Å². The Balaban J connectivity index is 1.82. The Morgan fingerprint density at radius 3 is 2.74 bits per heavy atom. The van der Waals surface area contributed by atoms with Crippen molar-refractivity contribution in [2.75, 3.05) is 6.26 Å². The van der Waals surface area contributed by atoms with Gasteiger partial charge in [-0.15, -0.1) is 0 Å². The highest BCUT2D eigenvalue weighted by atomic mass is 32.2. The molecular weight excluding hydrogens is 258 g/mol. The molecule has 0 spiro atoms. The van der Waals surface area contributed by atoms with Crippen molar-refractivity contribution in [3.63, 3.8) is 0 Å². The predicted molar refractivity (Wildman–Crippen MR) is 79.8 cm³/mol. The van der Waals surface area contributed by atoms with Crippen LogP contribution in [0.4, 0.5) is 0 Å². The van der Waals surface area contributed by atoms with Crippen LogP contribution in [0.3, 0.4) is 0 Å². The summed E-state index contributed by atoms with van der Waals surface area (Å²) in [5, 5.41) is 13.3. The molecule has 19 heavy (non-hydrogen) atoms. The lowest BCUT2D eigenvalue weighted by atomic mass is 9.95. The largest absolute Gasteiger partial charge is 0.478 e. The fraction of sp³-hybridized carbons (Fsp3) is 0.533. The van der Waals surface area contributed by atoms with E-state index < -0.39 is 5.97 Å². The topological polar surface area (TPSA) is 49.3 Å². The van der Waals surface area contributed by atoms with E-state index in [1.165, 1.54) is 25.7 Å². The van der Waals surface area contributed by atoms with Gasteiger partial charge in [-0.1, -0.05) is 12.1 Å². The van der Waals surface area contributed by atoms with Gasteiger partial charge in [0.05, 0.1) is 5.56 Å². The molecule has 0 atom stereocenters. The first-order chi connectivity index (χ1) is 9.19. The van der Waals surface area contributed by atoms with Gasteiger partial charge in [0.15, 0.2) is 0 Å². The third kappa shape index (κ3) is 4.25. The quantitative estimate of drug-likeness (QED) is 0.869. The van der Waals surface area contributed by atoms with E-state index in [0.717, 1.165) is 17.4 Å². The van der Waals surface area contributed by atoms with Gasteiger partial charge in [0.1, 0.15) is 0 Å². The molecule has 1 saturated carbocycles. The van der Waals surface area contributed by atoms with E-state index in [0.29, 0.717) is 11.6 Å². The Bertz CT molecular complexity index is 428. The minimum atomic E-state index is -0.859. The average molecular weight is 279 g/mol. The van der Waals surface area contributed by atoms with Gasteiger partial charge < -0.3 is 10.4 Å². The molecule has 0 unspecified atom stereocenters. The van der Waals surface area contributed by atoms with Crippen molar-refractivity contribution in [1.29, 1.82) is 0 Å². The van der Waals surface area contributed by atoms with Crippen molar-refractivity contribution in [1.82, 2.24) is 5.32 Å². The lowest BCUT2D eigenvalue weighted by Crippen LogP contribution is -2.33. The van der Waals surface area contributed by atoms with Crippen LogP contribution >= 0.6 is 11.8 Å². The maximum absolute atomic E-state index is 10.9. The van der Waals surface area contributed by atoms with Gasteiger partial charge in [0, 0.05) is 17.8 Å². The normalized spacial score (nSPS) is 23.2. The molecule has 1 aromatic rings. The maximum Gasteiger partial charge on any atom is 0.335 e. The predicted octanol–water partition coefficient (Wildman–Crippen LogP) is 3.15. The van der Waals surface area contributed by atoms with Crippen LogP contribution < -0.4 is 5.32 Å². The number of hydrogen-bond donors (Lipinski definition) is 2. The highest BCUT2D eigenvalue weighted by molar-refractivity contribution is 7.99. The summed E-state index contributed by atoms with van der Waals surface area (Å²) in [5.74, 6) is -0.859. The van der Waals surface area contributed by atoms with Crippen LogP contribution in [0, 0.1) is 0 Å². The van der Waals surface area contributed by atoms with Crippen LogP contribution in [0.1, 0.15) is 41.6 Å². The highest BCUT2D eigenvalue weighted by Crippen LogP contribution is 2.26. The molecule has 0 heterocycles. The zero-order valence-corrected chi connectivity index (χ0v) is 12.1. The summed E-state index contributed by atoms with van der Waals surface area (Å²) in [6.45, 7) is 0.760. The monoisotopic (exact) mass is 279 g/mol. The van der Waals surface area contributed by atoms with Gasteiger partial charge >= 0.3 is 5.97 Å². The molecule has 104 valence electrons. The number of carboxylic acids is 1. The second kappa shape index (κ2) is 6.96. The molecule has 0 aliphatic heterocycles. The number of rotatable bonds is 5. The van der Waals surface area contributed by atoms with Crippen LogP contribution in [0.25, 0.3) is 0 Å². The van der Waals surface area contributed by atoms with Crippen molar-refractivity contribution >= 4 is 17.7 Å². The van der Waals surface area contributed by atoms with E-state index in [2.05, 4.69) is 11.6 Å². The SMILES string of the molecule is CSC1CCC(NCc2cccc(C(=O)O)c2)CC1. The molecule has 3 nitrogen and oxygen atoms in total. The van der Waals surface area contributed by atoms with Crippen LogP contribution in [0.15, 0.2) is 24.3 Å². The first-order valence-corrected chi connectivity index (χ1v) is 8.06. The Labute approximate surface area is 118 Å².